The molecule has 0 saturated carbocycles. The number of hydrogen-bond acceptors (Lipinski definition) is 4. The number of nitrogen functional groups attached to an aromatic ring is 1. The van der Waals surface area contributed by atoms with Crippen LogP contribution >= 0.6 is 11.3 Å². The minimum absolute atomic E-state index is 0.247. The van der Waals surface area contributed by atoms with Gasteiger partial charge in [-0.25, -0.2) is 5.84 Å². The molecule has 0 aromatic carbocycles. The number of nitrogens with two attached hydrogens (primary N) is 1. The number of aryl methyl sites for hydroxylation is 3. The lowest BCUT2D eigenvalue weighted by Gasteiger charge is -2.03. The van der Waals surface area contributed by atoms with Gasteiger partial charge in [0, 0.05) is 10.6 Å². The van der Waals surface area contributed by atoms with Gasteiger partial charge in [0.1, 0.15) is 0 Å². The summed E-state index contributed by atoms with van der Waals surface area (Å²) < 4.78 is 1.94. The number of nitrogens with one attached hydrogen (secondary N) is 1. The molecule has 18 heavy (non-hydrogen) atoms. The van der Waals surface area contributed by atoms with Gasteiger partial charge in [0.2, 0.25) is 0 Å². The maximum absolute atomic E-state index is 11.5. The van der Waals surface area contributed by atoms with Gasteiger partial charge in [-0.05, 0) is 38.5 Å². The summed E-state index contributed by atoms with van der Waals surface area (Å²) in [7, 11) is 0. The normalized spacial score (nSPS) is 10.7. The van der Waals surface area contributed by atoms with E-state index in [1.807, 2.05) is 37.6 Å². The molecule has 0 spiro atoms. The van der Waals surface area contributed by atoms with Crippen LogP contribution in [0.5, 0.6) is 0 Å². The van der Waals surface area contributed by atoms with Crippen molar-refractivity contribution < 1.29 is 4.79 Å². The third-order valence-electron chi connectivity index (χ3n) is 2.80. The number of rotatable bonds is 3. The van der Waals surface area contributed by atoms with Crippen LogP contribution in [0, 0.1) is 20.8 Å². The Morgan fingerprint density at radius 3 is 2.72 bits per heavy atom. The molecule has 5 nitrogen and oxygen atoms in total. The zero-order valence-electron chi connectivity index (χ0n) is 10.7. The third-order valence-corrected chi connectivity index (χ3v) is 3.89. The predicted molar refractivity (Wildman–Crippen MR) is 71.5 cm³/mol. The van der Waals surface area contributed by atoms with Crippen LogP contribution in [0.3, 0.4) is 0 Å². The van der Waals surface area contributed by atoms with E-state index in [4.69, 9.17) is 5.84 Å². The van der Waals surface area contributed by atoms with Gasteiger partial charge in [0.15, 0.2) is 0 Å². The van der Waals surface area contributed by atoms with Crippen molar-refractivity contribution >= 4 is 17.2 Å². The maximum atomic E-state index is 11.5. The fraction of sp³-hybridized carbons (Fsp3) is 0.333. The van der Waals surface area contributed by atoms with E-state index in [1.165, 1.54) is 11.3 Å². The van der Waals surface area contributed by atoms with E-state index in [1.54, 1.807) is 0 Å². The van der Waals surface area contributed by atoms with Crippen LogP contribution in [0.25, 0.3) is 0 Å². The lowest BCUT2D eigenvalue weighted by molar-refractivity contribution is 0.0957. The Balaban J connectivity index is 2.27. The van der Waals surface area contributed by atoms with Crippen molar-refractivity contribution in [3.8, 4) is 0 Å². The summed E-state index contributed by atoms with van der Waals surface area (Å²) >= 11 is 1.45. The summed E-state index contributed by atoms with van der Waals surface area (Å²) in [5.41, 5.74) is 5.37. The average Bonchev–Trinajstić information content (AvgIpc) is 2.83. The number of aromatic nitrogens is 2. The van der Waals surface area contributed by atoms with Crippen molar-refractivity contribution in [1.29, 1.82) is 0 Å². The Morgan fingerprint density at radius 2 is 2.17 bits per heavy atom. The van der Waals surface area contributed by atoms with E-state index >= 15 is 0 Å². The van der Waals surface area contributed by atoms with Gasteiger partial charge in [0.25, 0.3) is 5.91 Å². The van der Waals surface area contributed by atoms with Gasteiger partial charge in [-0.15, -0.1) is 11.3 Å². The highest BCUT2D eigenvalue weighted by molar-refractivity contribution is 7.14. The molecule has 2 aromatic heterocycles. The highest BCUT2D eigenvalue weighted by atomic mass is 32.1. The lowest BCUT2D eigenvalue weighted by Crippen LogP contribution is -2.29. The van der Waals surface area contributed by atoms with Crippen molar-refractivity contribution in [2.75, 3.05) is 0 Å². The molecule has 3 N–H and O–H groups in total. The summed E-state index contributed by atoms with van der Waals surface area (Å²) in [6, 6.07) is 3.91. The molecule has 1 amide bonds. The summed E-state index contributed by atoms with van der Waals surface area (Å²) in [6.45, 7) is 6.67. The van der Waals surface area contributed by atoms with Crippen LogP contribution in [0.2, 0.25) is 0 Å². The van der Waals surface area contributed by atoms with E-state index in [-0.39, 0.29) is 5.91 Å². The number of thiophene rings is 1. The summed E-state index contributed by atoms with van der Waals surface area (Å²) in [4.78, 5) is 13.2. The fourth-order valence-corrected chi connectivity index (χ4v) is 2.79. The zero-order valence-corrected chi connectivity index (χ0v) is 11.5. The highest BCUT2D eigenvalue weighted by Crippen LogP contribution is 2.22. The Labute approximate surface area is 110 Å². The molecule has 2 aromatic rings. The molecule has 96 valence electrons. The van der Waals surface area contributed by atoms with Crippen molar-refractivity contribution in [2.24, 2.45) is 5.84 Å². The largest absolute Gasteiger partial charge is 0.289 e. The van der Waals surface area contributed by atoms with Crippen molar-refractivity contribution in [3.05, 3.63) is 38.8 Å². The molecule has 0 radical (unpaired) electrons. The van der Waals surface area contributed by atoms with Crippen LogP contribution in [-0.2, 0) is 6.54 Å². The number of carbonyl (C=O) groups excluding carboxylic acids is 1. The monoisotopic (exact) mass is 264 g/mol. The lowest BCUT2D eigenvalue weighted by atomic mass is 10.2. The standard InChI is InChI=1S/C12H16N4OS/c1-7-4-8(2)16(15-7)6-10-5-11(12(17)14-13)18-9(10)3/h4-5H,6,13H2,1-3H3,(H,14,17). The molecule has 6 heteroatoms. The van der Waals surface area contributed by atoms with Gasteiger partial charge in [0.05, 0.1) is 17.1 Å². The number of amides is 1. The Morgan fingerprint density at radius 1 is 1.44 bits per heavy atom. The molecule has 2 heterocycles. The quantitative estimate of drug-likeness (QED) is 0.501. The second-order valence-corrected chi connectivity index (χ2v) is 5.51. The first kappa shape index (κ1) is 12.8. The third kappa shape index (κ3) is 2.44. The highest BCUT2D eigenvalue weighted by Gasteiger charge is 2.12. The second kappa shape index (κ2) is 4.91. The van der Waals surface area contributed by atoms with Crippen LogP contribution in [0.1, 0.15) is 31.5 Å². The van der Waals surface area contributed by atoms with Gasteiger partial charge >= 0.3 is 0 Å². The Kier molecular flexibility index (Phi) is 3.49. The number of hydrazine groups is 1. The molecular weight excluding hydrogens is 248 g/mol. The van der Waals surface area contributed by atoms with Crippen LogP contribution in [-0.4, -0.2) is 15.7 Å². The minimum atomic E-state index is -0.247. The SMILES string of the molecule is Cc1cc(C)n(Cc2cc(C(=O)NN)sc2C)n1. The molecule has 0 fully saturated rings. The van der Waals surface area contributed by atoms with E-state index < -0.39 is 0 Å². The molecule has 2 rings (SSSR count). The smallest absolute Gasteiger partial charge is 0.275 e. The minimum Gasteiger partial charge on any atom is -0.289 e. The molecular formula is C12H16N4OS. The van der Waals surface area contributed by atoms with Crippen LogP contribution in [0.4, 0.5) is 0 Å². The molecule has 0 bridgehead atoms. The summed E-state index contributed by atoms with van der Waals surface area (Å²) in [6.07, 6.45) is 0. The predicted octanol–water partition coefficient (Wildman–Crippen LogP) is 1.52. The van der Waals surface area contributed by atoms with Crippen LogP contribution in [0.15, 0.2) is 12.1 Å². The fourth-order valence-electron chi connectivity index (χ4n) is 1.86. The van der Waals surface area contributed by atoms with Crippen molar-refractivity contribution in [3.63, 3.8) is 0 Å². The molecule has 0 unspecified atom stereocenters. The van der Waals surface area contributed by atoms with Crippen molar-refractivity contribution in [1.82, 2.24) is 15.2 Å². The molecule has 0 atom stereocenters. The first-order chi connectivity index (χ1) is 8.51. The molecule has 0 aliphatic heterocycles. The number of carbonyl (C=O) groups is 1. The van der Waals surface area contributed by atoms with E-state index in [0.717, 1.165) is 21.8 Å². The maximum Gasteiger partial charge on any atom is 0.275 e. The van der Waals surface area contributed by atoms with Gasteiger partial charge < -0.3 is 0 Å². The molecule has 0 saturated heterocycles. The van der Waals surface area contributed by atoms with E-state index in [0.29, 0.717) is 11.4 Å². The first-order valence-corrected chi connectivity index (χ1v) is 6.44. The van der Waals surface area contributed by atoms with E-state index in [2.05, 4.69) is 10.5 Å². The number of hydrogen-bond donors (Lipinski definition) is 2. The van der Waals surface area contributed by atoms with Crippen LogP contribution < -0.4 is 11.3 Å². The van der Waals surface area contributed by atoms with Gasteiger partial charge in [-0.2, -0.15) is 5.10 Å². The topological polar surface area (TPSA) is 72.9 Å². The van der Waals surface area contributed by atoms with Gasteiger partial charge in [-0.1, -0.05) is 0 Å². The summed E-state index contributed by atoms with van der Waals surface area (Å²) in [5, 5.41) is 4.42. The molecule has 0 aliphatic rings. The van der Waals surface area contributed by atoms with Crippen molar-refractivity contribution in [2.45, 2.75) is 27.3 Å². The van der Waals surface area contributed by atoms with E-state index in [9.17, 15) is 4.79 Å². The van der Waals surface area contributed by atoms with Gasteiger partial charge in [-0.3, -0.25) is 14.9 Å². The number of nitrogens with zero attached hydrogens (tertiary/aromatic N) is 2. The summed E-state index contributed by atoms with van der Waals surface area (Å²) in [5.74, 6) is 4.89. The molecule has 0 aliphatic carbocycles. The Bertz CT molecular complexity index is 585. The second-order valence-electron chi connectivity index (χ2n) is 4.25. The average molecular weight is 264 g/mol. The first-order valence-electron chi connectivity index (χ1n) is 5.62. The Hall–Kier alpha value is -1.66. The zero-order chi connectivity index (χ0) is 13.3.